The fourth-order valence-electron chi connectivity index (χ4n) is 4.64. The van der Waals surface area contributed by atoms with Gasteiger partial charge in [0.05, 0.1) is 12.2 Å². The molecule has 1 heterocycles. The van der Waals surface area contributed by atoms with Crippen molar-refractivity contribution >= 4 is 0 Å². The van der Waals surface area contributed by atoms with Gasteiger partial charge in [0.25, 0.3) is 0 Å². The number of hydrogen-bond donors (Lipinski definition) is 0. The molecule has 3 aliphatic rings. The lowest BCUT2D eigenvalue weighted by Gasteiger charge is -2.48. The molecule has 1 heteroatoms. The van der Waals surface area contributed by atoms with E-state index in [0.29, 0.717) is 12.2 Å². The summed E-state index contributed by atoms with van der Waals surface area (Å²) in [7, 11) is 0. The number of ether oxygens (including phenoxy) is 1. The highest BCUT2D eigenvalue weighted by molar-refractivity contribution is 4.91. The smallest absolute Gasteiger partial charge is 0.0607 e. The van der Waals surface area contributed by atoms with E-state index in [0.717, 1.165) is 23.7 Å². The van der Waals surface area contributed by atoms with Crippen LogP contribution in [0.15, 0.2) is 0 Å². The van der Waals surface area contributed by atoms with Gasteiger partial charge in [-0.2, -0.15) is 0 Å². The molecule has 1 saturated heterocycles. The van der Waals surface area contributed by atoms with Crippen LogP contribution in [0.1, 0.15) is 65.2 Å². The summed E-state index contributed by atoms with van der Waals surface area (Å²) in [4.78, 5) is 0. The van der Waals surface area contributed by atoms with E-state index in [9.17, 15) is 0 Å². The maximum absolute atomic E-state index is 6.44. The number of fused-ring (bicyclic) bond motifs is 2. The zero-order valence-electron chi connectivity index (χ0n) is 11.5. The average molecular weight is 236 g/mol. The highest BCUT2D eigenvalue weighted by Crippen LogP contribution is 2.46. The molecule has 0 aromatic carbocycles. The van der Waals surface area contributed by atoms with Gasteiger partial charge in [-0.1, -0.05) is 20.3 Å². The summed E-state index contributed by atoms with van der Waals surface area (Å²) in [5.41, 5.74) is 0. The van der Waals surface area contributed by atoms with Crippen LogP contribution in [0.3, 0.4) is 0 Å². The van der Waals surface area contributed by atoms with E-state index in [1.54, 1.807) is 0 Å². The van der Waals surface area contributed by atoms with Crippen LogP contribution < -0.4 is 0 Å². The molecule has 17 heavy (non-hydrogen) atoms. The highest BCUT2D eigenvalue weighted by atomic mass is 16.5. The summed E-state index contributed by atoms with van der Waals surface area (Å²) in [6, 6.07) is 0. The van der Waals surface area contributed by atoms with Crippen LogP contribution in [0.2, 0.25) is 0 Å². The van der Waals surface area contributed by atoms with Crippen LogP contribution in [0, 0.1) is 23.7 Å². The van der Waals surface area contributed by atoms with Crippen LogP contribution in [0.5, 0.6) is 0 Å². The van der Waals surface area contributed by atoms with Gasteiger partial charge in [0.1, 0.15) is 0 Å². The van der Waals surface area contributed by atoms with Crippen LogP contribution >= 0.6 is 0 Å². The Morgan fingerprint density at radius 1 is 0.882 bits per heavy atom. The Labute approximate surface area is 106 Å². The first-order valence-electron chi connectivity index (χ1n) is 7.91. The fraction of sp³-hybridized carbons (Fsp3) is 1.00. The second-order valence-corrected chi connectivity index (χ2v) is 6.97. The maximum Gasteiger partial charge on any atom is 0.0607 e. The van der Waals surface area contributed by atoms with Crippen LogP contribution in [-0.2, 0) is 4.74 Å². The SMILES string of the molecule is CCC1CCC2OC3CCC(C)CC3CC2C1. The molecule has 0 amide bonds. The highest BCUT2D eigenvalue weighted by Gasteiger charge is 2.42. The van der Waals surface area contributed by atoms with E-state index < -0.39 is 0 Å². The second-order valence-electron chi connectivity index (χ2n) is 6.97. The lowest BCUT2D eigenvalue weighted by molar-refractivity contribution is -0.151. The third-order valence-corrected chi connectivity index (χ3v) is 5.73. The van der Waals surface area contributed by atoms with Crippen molar-refractivity contribution in [3.8, 4) is 0 Å². The molecular formula is C16H28O. The Kier molecular flexibility index (Phi) is 3.47. The van der Waals surface area contributed by atoms with E-state index in [1.165, 1.54) is 51.4 Å². The zero-order chi connectivity index (χ0) is 11.8. The van der Waals surface area contributed by atoms with Crippen LogP contribution in [0.25, 0.3) is 0 Å². The second kappa shape index (κ2) is 4.91. The van der Waals surface area contributed by atoms with Gasteiger partial charge >= 0.3 is 0 Å². The van der Waals surface area contributed by atoms with Crippen molar-refractivity contribution in [3.63, 3.8) is 0 Å². The van der Waals surface area contributed by atoms with Gasteiger partial charge < -0.3 is 4.74 Å². The van der Waals surface area contributed by atoms with E-state index in [1.807, 2.05) is 0 Å². The molecule has 0 aromatic heterocycles. The Balaban J connectivity index is 1.64. The molecule has 6 atom stereocenters. The number of hydrogen-bond acceptors (Lipinski definition) is 1. The molecule has 0 bridgehead atoms. The summed E-state index contributed by atoms with van der Waals surface area (Å²) < 4.78 is 6.44. The average Bonchev–Trinajstić information content (AvgIpc) is 2.35. The van der Waals surface area contributed by atoms with E-state index in [4.69, 9.17) is 4.74 Å². The Hall–Kier alpha value is -0.0400. The lowest BCUT2D eigenvalue weighted by Crippen LogP contribution is -2.46. The van der Waals surface area contributed by atoms with E-state index in [2.05, 4.69) is 13.8 Å². The monoisotopic (exact) mass is 236 g/mol. The van der Waals surface area contributed by atoms with Crippen molar-refractivity contribution in [2.45, 2.75) is 77.4 Å². The molecule has 98 valence electrons. The third kappa shape index (κ3) is 2.41. The first-order chi connectivity index (χ1) is 8.26. The summed E-state index contributed by atoms with van der Waals surface area (Å²) in [6.45, 7) is 4.79. The summed E-state index contributed by atoms with van der Waals surface area (Å²) >= 11 is 0. The normalized spacial score (nSPS) is 50.5. The Morgan fingerprint density at radius 2 is 1.59 bits per heavy atom. The topological polar surface area (TPSA) is 9.23 Å². The minimum absolute atomic E-state index is 0.630. The van der Waals surface area contributed by atoms with Crippen molar-refractivity contribution in [2.75, 3.05) is 0 Å². The first kappa shape index (κ1) is 12.0. The van der Waals surface area contributed by atoms with Crippen molar-refractivity contribution in [1.29, 1.82) is 0 Å². The van der Waals surface area contributed by atoms with E-state index >= 15 is 0 Å². The van der Waals surface area contributed by atoms with Gasteiger partial charge in [-0.05, 0) is 68.6 Å². The van der Waals surface area contributed by atoms with Crippen molar-refractivity contribution in [3.05, 3.63) is 0 Å². The molecule has 0 spiro atoms. The summed E-state index contributed by atoms with van der Waals surface area (Å²) in [5.74, 6) is 3.75. The minimum Gasteiger partial charge on any atom is -0.374 e. The van der Waals surface area contributed by atoms with Gasteiger partial charge in [-0.25, -0.2) is 0 Å². The van der Waals surface area contributed by atoms with Crippen LogP contribution in [0.4, 0.5) is 0 Å². The molecule has 6 unspecified atom stereocenters. The predicted octanol–water partition coefficient (Wildman–Crippen LogP) is 4.41. The minimum atomic E-state index is 0.630. The molecule has 1 nitrogen and oxygen atoms in total. The first-order valence-corrected chi connectivity index (χ1v) is 7.91. The fourth-order valence-corrected chi connectivity index (χ4v) is 4.64. The molecule has 2 saturated carbocycles. The standard InChI is InChI=1S/C16H28O/c1-3-12-5-7-16-14(9-12)10-13-8-11(2)4-6-15(13)17-16/h11-16H,3-10H2,1-2H3. The molecule has 0 radical (unpaired) electrons. The Bertz CT molecular complexity index is 262. The molecule has 3 rings (SSSR count). The predicted molar refractivity (Wildman–Crippen MR) is 70.9 cm³/mol. The van der Waals surface area contributed by atoms with Crippen molar-refractivity contribution in [2.24, 2.45) is 23.7 Å². The Morgan fingerprint density at radius 3 is 2.35 bits per heavy atom. The van der Waals surface area contributed by atoms with Gasteiger partial charge in [0.15, 0.2) is 0 Å². The van der Waals surface area contributed by atoms with Gasteiger partial charge in [0.2, 0.25) is 0 Å². The molecule has 0 N–H and O–H groups in total. The van der Waals surface area contributed by atoms with Gasteiger partial charge in [-0.15, -0.1) is 0 Å². The van der Waals surface area contributed by atoms with E-state index in [-0.39, 0.29) is 0 Å². The zero-order valence-corrected chi connectivity index (χ0v) is 11.5. The molecule has 3 fully saturated rings. The quantitative estimate of drug-likeness (QED) is 0.655. The van der Waals surface area contributed by atoms with Crippen LogP contribution in [-0.4, -0.2) is 12.2 Å². The van der Waals surface area contributed by atoms with Gasteiger partial charge in [0, 0.05) is 0 Å². The largest absolute Gasteiger partial charge is 0.374 e. The van der Waals surface area contributed by atoms with Gasteiger partial charge in [-0.3, -0.25) is 0 Å². The maximum atomic E-state index is 6.44. The molecule has 1 aliphatic heterocycles. The molecule has 2 aliphatic carbocycles. The summed E-state index contributed by atoms with van der Waals surface area (Å²) in [5, 5.41) is 0. The number of rotatable bonds is 1. The lowest BCUT2D eigenvalue weighted by atomic mass is 9.68. The van der Waals surface area contributed by atoms with Crippen molar-refractivity contribution in [1.82, 2.24) is 0 Å². The summed E-state index contributed by atoms with van der Waals surface area (Å²) in [6.07, 6.45) is 12.5. The third-order valence-electron chi connectivity index (χ3n) is 5.73. The molecular weight excluding hydrogens is 208 g/mol. The molecule has 0 aromatic rings. The van der Waals surface area contributed by atoms with Crippen molar-refractivity contribution < 1.29 is 4.74 Å².